The molecule has 1 aliphatic rings. The van der Waals surface area contributed by atoms with E-state index in [1.165, 1.54) is 24.3 Å². The summed E-state index contributed by atoms with van der Waals surface area (Å²) in [5.41, 5.74) is 0.566. The molecule has 0 unspecified atom stereocenters. The second kappa shape index (κ2) is 8.59. The van der Waals surface area contributed by atoms with Gasteiger partial charge in [0.25, 0.3) is 5.91 Å². The Morgan fingerprint density at radius 1 is 1.17 bits per heavy atom. The quantitative estimate of drug-likeness (QED) is 0.668. The minimum absolute atomic E-state index is 0.00154. The maximum absolute atomic E-state index is 12.6. The third-order valence-electron chi connectivity index (χ3n) is 4.17. The van der Waals surface area contributed by atoms with E-state index in [0.717, 1.165) is 19.0 Å². The van der Waals surface area contributed by atoms with Crippen molar-refractivity contribution < 1.29 is 27.5 Å². The van der Waals surface area contributed by atoms with Crippen molar-refractivity contribution in [2.45, 2.75) is 19.0 Å². The van der Waals surface area contributed by atoms with E-state index in [0.29, 0.717) is 5.56 Å². The topological polar surface area (TPSA) is 68.3 Å². The fourth-order valence-electron chi connectivity index (χ4n) is 2.53. The van der Waals surface area contributed by atoms with E-state index in [9.17, 15) is 22.8 Å². The van der Waals surface area contributed by atoms with E-state index in [1.807, 2.05) is 0 Å². The summed E-state index contributed by atoms with van der Waals surface area (Å²) >= 11 is 11.9. The number of pyridine rings is 1. The molecular weight excluding hydrogens is 432 g/mol. The first-order chi connectivity index (χ1) is 13.6. The Hall–Kier alpha value is -2.32. The van der Waals surface area contributed by atoms with E-state index in [2.05, 4.69) is 10.3 Å². The molecule has 1 N–H and O–H groups in total. The molecule has 2 aromatic rings. The highest BCUT2D eigenvalue weighted by molar-refractivity contribution is 6.42. The van der Waals surface area contributed by atoms with Gasteiger partial charge in [0, 0.05) is 17.7 Å². The minimum Gasteiger partial charge on any atom is -0.468 e. The second-order valence-corrected chi connectivity index (χ2v) is 7.35. The number of hydrogen-bond donors (Lipinski definition) is 1. The number of benzene rings is 1. The summed E-state index contributed by atoms with van der Waals surface area (Å²) in [5.74, 6) is -0.944. The summed E-state index contributed by atoms with van der Waals surface area (Å²) in [4.78, 5) is 28.0. The van der Waals surface area contributed by atoms with Crippen molar-refractivity contribution in [1.82, 2.24) is 10.3 Å². The lowest BCUT2D eigenvalue weighted by atomic mass is 10.0. The molecule has 0 atom stereocenters. The summed E-state index contributed by atoms with van der Waals surface area (Å²) in [6.07, 6.45) is -1.83. The zero-order valence-electron chi connectivity index (χ0n) is 14.9. The van der Waals surface area contributed by atoms with Crippen LogP contribution in [0.1, 0.15) is 23.2 Å². The molecule has 3 rings (SSSR count). The smallest absolute Gasteiger partial charge is 0.422 e. The Morgan fingerprint density at radius 3 is 2.52 bits per heavy atom. The van der Waals surface area contributed by atoms with Crippen LogP contribution in [0.15, 0.2) is 30.5 Å². The maximum atomic E-state index is 12.6. The number of ketones is 1. The van der Waals surface area contributed by atoms with E-state index in [4.69, 9.17) is 27.9 Å². The lowest BCUT2D eigenvalue weighted by Crippen LogP contribution is -2.30. The predicted octanol–water partition coefficient (Wildman–Crippen LogP) is 4.71. The van der Waals surface area contributed by atoms with Crippen LogP contribution in [0.2, 0.25) is 10.0 Å². The summed E-state index contributed by atoms with van der Waals surface area (Å²) < 4.78 is 42.5. The first-order valence-electron chi connectivity index (χ1n) is 8.60. The molecule has 5 nitrogen and oxygen atoms in total. The van der Waals surface area contributed by atoms with E-state index in [1.54, 1.807) is 0 Å². The number of aromatic nitrogens is 1. The number of carbonyl (C=O) groups is 2. The molecule has 154 valence electrons. The Labute approximate surface area is 174 Å². The Bertz CT molecular complexity index is 947. The number of hydrogen-bond acceptors (Lipinski definition) is 4. The van der Waals surface area contributed by atoms with Gasteiger partial charge < -0.3 is 10.1 Å². The Balaban J connectivity index is 1.87. The fraction of sp³-hybridized carbons (Fsp3) is 0.316. The highest BCUT2D eigenvalue weighted by atomic mass is 35.5. The van der Waals surface area contributed by atoms with Gasteiger partial charge in [-0.3, -0.25) is 9.59 Å². The second-order valence-electron chi connectivity index (χ2n) is 6.53. The van der Waals surface area contributed by atoms with Gasteiger partial charge in [0.1, 0.15) is 0 Å². The van der Waals surface area contributed by atoms with Crippen LogP contribution in [0.5, 0.6) is 5.88 Å². The molecule has 0 aliphatic heterocycles. The van der Waals surface area contributed by atoms with E-state index < -0.39 is 18.7 Å². The lowest BCUT2D eigenvalue weighted by Gasteiger charge is -2.14. The van der Waals surface area contributed by atoms with Gasteiger partial charge in [-0.25, -0.2) is 4.98 Å². The van der Waals surface area contributed by atoms with Crippen LogP contribution in [0.3, 0.4) is 0 Å². The molecule has 10 heteroatoms. The van der Waals surface area contributed by atoms with Gasteiger partial charge in [-0.1, -0.05) is 29.3 Å². The number of ether oxygens (including phenoxy) is 1. The Morgan fingerprint density at radius 2 is 1.90 bits per heavy atom. The van der Waals surface area contributed by atoms with Crippen molar-refractivity contribution in [1.29, 1.82) is 0 Å². The van der Waals surface area contributed by atoms with Gasteiger partial charge in [0.05, 0.1) is 22.2 Å². The molecule has 0 radical (unpaired) electrons. The van der Waals surface area contributed by atoms with Crippen molar-refractivity contribution in [3.05, 3.63) is 46.1 Å². The fourth-order valence-corrected chi connectivity index (χ4v) is 2.83. The number of amides is 1. The molecule has 1 heterocycles. The SMILES string of the molecule is O=C(NCC(=O)C1CC1)c1cnc(OCC(F)(F)F)c(-c2ccc(Cl)c(Cl)c2)c1. The molecular formula is C19H15Cl2F3N2O3. The number of alkyl halides is 3. The van der Waals surface area contributed by atoms with Gasteiger partial charge >= 0.3 is 6.18 Å². The highest BCUT2D eigenvalue weighted by Gasteiger charge is 2.30. The number of rotatable bonds is 7. The Kier molecular flexibility index (Phi) is 6.33. The molecule has 0 bridgehead atoms. The molecule has 29 heavy (non-hydrogen) atoms. The average molecular weight is 447 g/mol. The zero-order chi connectivity index (χ0) is 21.2. The van der Waals surface area contributed by atoms with Crippen LogP contribution in [-0.4, -0.2) is 36.0 Å². The number of Topliss-reactive ketones (excluding diaryl/α,β-unsaturated/α-hetero) is 1. The van der Waals surface area contributed by atoms with Crippen LogP contribution in [0.25, 0.3) is 11.1 Å². The third kappa shape index (κ3) is 5.83. The molecule has 0 saturated heterocycles. The molecule has 1 aromatic heterocycles. The number of halogens is 5. The molecule has 1 amide bonds. The molecule has 1 aromatic carbocycles. The van der Waals surface area contributed by atoms with Crippen molar-refractivity contribution in [3.8, 4) is 17.0 Å². The van der Waals surface area contributed by atoms with Gasteiger partial charge in [0.15, 0.2) is 12.4 Å². The van der Waals surface area contributed by atoms with E-state index >= 15 is 0 Å². The molecule has 1 aliphatic carbocycles. The van der Waals surface area contributed by atoms with Gasteiger partial charge in [0.2, 0.25) is 5.88 Å². The van der Waals surface area contributed by atoms with Crippen molar-refractivity contribution in [2.24, 2.45) is 5.92 Å². The first-order valence-corrected chi connectivity index (χ1v) is 9.35. The number of nitrogens with one attached hydrogen (secondary N) is 1. The summed E-state index contributed by atoms with van der Waals surface area (Å²) in [6, 6.07) is 5.74. The maximum Gasteiger partial charge on any atom is 0.422 e. The van der Waals surface area contributed by atoms with Gasteiger partial charge in [-0.05, 0) is 36.6 Å². The normalized spacial score (nSPS) is 13.8. The molecule has 1 fully saturated rings. The first kappa shape index (κ1) is 21.4. The van der Waals surface area contributed by atoms with Crippen LogP contribution in [0, 0.1) is 5.92 Å². The van der Waals surface area contributed by atoms with Crippen LogP contribution in [0.4, 0.5) is 13.2 Å². The van der Waals surface area contributed by atoms with E-state index in [-0.39, 0.29) is 45.3 Å². The monoisotopic (exact) mass is 446 g/mol. The van der Waals surface area contributed by atoms with Gasteiger partial charge in [-0.15, -0.1) is 0 Å². The number of nitrogens with zero attached hydrogens (tertiary/aromatic N) is 1. The van der Waals surface area contributed by atoms with Gasteiger partial charge in [-0.2, -0.15) is 13.2 Å². The van der Waals surface area contributed by atoms with Crippen LogP contribution >= 0.6 is 23.2 Å². The average Bonchev–Trinajstić information content (AvgIpc) is 3.51. The highest BCUT2D eigenvalue weighted by Crippen LogP contribution is 2.34. The van der Waals surface area contributed by atoms with Crippen LogP contribution < -0.4 is 10.1 Å². The molecule has 0 spiro atoms. The molecule has 1 saturated carbocycles. The zero-order valence-corrected chi connectivity index (χ0v) is 16.4. The van der Waals surface area contributed by atoms with Crippen molar-refractivity contribution in [2.75, 3.05) is 13.2 Å². The lowest BCUT2D eigenvalue weighted by molar-refractivity contribution is -0.154. The summed E-state index contributed by atoms with van der Waals surface area (Å²) in [7, 11) is 0. The third-order valence-corrected chi connectivity index (χ3v) is 4.91. The predicted molar refractivity (Wildman–Crippen MR) is 101 cm³/mol. The standard InChI is InChI=1S/C19H15Cl2F3N2O3/c20-14-4-3-11(6-15(14)21)13-5-12(7-26-18(13)29-9-19(22,23)24)17(28)25-8-16(27)10-1-2-10/h3-7,10H,1-2,8-9H2,(H,25,28). The minimum atomic E-state index is -4.56. The summed E-state index contributed by atoms with van der Waals surface area (Å²) in [6.45, 7) is -1.66. The van der Waals surface area contributed by atoms with Crippen LogP contribution in [-0.2, 0) is 4.79 Å². The summed E-state index contributed by atoms with van der Waals surface area (Å²) in [5, 5.41) is 2.93. The number of carbonyl (C=O) groups excluding carboxylic acids is 2. The largest absolute Gasteiger partial charge is 0.468 e. The van der Waals surface area contributed by atoms with Crippen molar-refractivity contribution in [3.63, 3.8) is 0 Å². The van der Waals surface area contributed by atoms with Crippen molar-refractivity contribution >= 4 is 34.9 Å².